The Kier molecular flexibility index (Phi) is 5.43. The van der Waals surface area contributed by atoms with Crippen LogP contribution < -0.4 is 10.1 Å². The summed E-state index contributed by atoms with van der Waals surface area (Å²) in [5.41, 5.74) is 1.10. The van der Waals surface area contributed by atoms with Gasteiger partial charge < -0.3 is 10.1 Å². The molecule has 0 saturated carbocycles. The Morgan fingerprint density at radius 2 is 1.90 bits per heavy atom. The van der Waals surface area contributed by atoms with E-state index in [0.717, 1.165) is 18.5 Å². The summed E-state index contributed by atoms with van der Waals surface area (Å²) in [7, 11) is 0. The normalized spacial score (nSPS) is 10.7. The highest BCUT2D eigenvalue weighted by Gasteiger charge is 2.09. The molecule has 2 aromatic rings. The molecule has 0 saturated heterocycles. The Morgan fingerprint density at radius 1 is 1.14 bits per heavy atom. The quantitative estimate of drug-likeness (QED) is 0.843. The minimum Gasteiger partial charge on any atom is -0.461 e. The first-order valence-corrected chi connectivity index (χ1v) is 7.21. The molecule has 6 heteroatoms. The number of hydrogen-bond donors (Lipinski definition) is 1. The van der Waals surface area contributed by atoms with Gasteiger partial charge in [0.25, 0.3) is 0 Å². The summed E-state index contributed by atoms with van der Waals surface area (Å²) in [6.45, 7) is 6.81. The lowest BCUT2D eigenvalue weighted by Crippen LogP contribution is -2.13. The van der Waals surface area contributed by atoms with Crippen molar-refractivity contribution in [3.05, 3.63) is 35.9 Å². The number of anilines is 1. The average Bonchev–Trinajstić information content (AvgIpc) is 2.45. The van der Waals surface area contributed by atoms with Gasteiger partial charge in [0.1, 0.15) is 5.82 Å². The number of rotatable bonds is 7. The highest BCUT2D eigenvalue weighted by molar-refractivity contribution is 5.27. The number of hydrogen-bond acceptors (Lipinski definition) is 6. The first-order valence-electron chi connectivity index (χ1n) is 7.21. The van der Waals surface area contributed by atoms with Crippen LogP contribution in [0.2, 0.25) is 0 Å². The standard InChI is InChI=1S/C15H21N5O/c1-4-7-17-14-18-13(10-12-5-8-16-9-6-12)19-15(20-14)21-11(2)3/h5-6,8-9,11H,4,7,10H2,1-3H3,(H,17,18,19,20). The summed E-state index contributed by atoms with van der Waals surface area (Å²) in [5.74, 6) is 1.25. The van der Waals surface area contributed by atoms with Crippen molar-refractivity contribution in [2.45, 2.75) is 39.7 Å². The van der Waals surface area contributed by atoms with E-state index in [1.807, 2.05) is 26.0 Å². The average molecular weight is 287 g/mol. The van der Waals surface area contributed by atoms with Gasteiger partial charge in [0.05, 0.1) is 6.10 Å². The Balaban J connectivity index is 2.21. The molecule has 0 aliphatic carbocycles. The molecular weight excluding hydrogens is 266 g/mol. The Labute approximate surface area is 125 Å². The molecule has 0 aliphatic rings. The highest BCUT2D eigenvalue weighted by atomic mass is 16.5. The van der Waals surface area contributed by atoms with E-state index < -0.39 is 0 Å². The zero-order valence-corrected chi connectivity index (χ0v) is 12.7. The van der Waals surface area contributed by atoms with Gasteiger partial charge in [0.2, 0.25) is 5.95 Å². The van der Waals surface area contributed by atoms with Gasteiger partial charge in [-0.25, -0.2) is 0 Å². The van der Waals surface area contributed by atoms with E-state index in [1.165, 1.54) is 0 Å². The predicted molar refractivity (Wildman–Crippen MR) is 81.4 cm³/mol. The van der Waals surface area contributed by atoms with Crippen molar-refractivity contribution in [1.82, 2.24) is 19.9 Å². The second-order valence-electron chi connectivity index (χ2n) is 4.98. The van der Waals surface area contributed by atoms with Crippen molar-refractivity contribution < 1.29 is 4.74 Å². The monoisotopic (exact) mass is 287 g/mol. The van der Waals surface area contributed by atoms with Crippen LogP contribution in [0.15, 0.2) is 24.5 Å². The van der Waals surface area contributed by atoms with Crippen molar-refractivity contribution in [3.63, 3.8) is 0 Å². The van der Waals surface area contributed by atoms with Crippen LogP contribution >= 0.6 is 0 Å². The highest BCUT2D eigenvalue weighted by Crippen LogP contribution is 2.12. The van der Waals surface area contributed by atoms with Crippen molar-refractivity contribution in [3.8, 4) is 6.01 Å². The van der Waals surface area contributed by atoms with Gasteiger partial charge in [-0.05, 0) is 38.0 Å². The molecule has 0 radical (unpaired) electrons. The number of aromatic nitrogens is 4. The fourth-order valence-corrected chi connectivity index (χ4v) is 1.74. The molecule has 0 aliphatic heterocycles. The van der Waals surface area contributed by atoms with Crippen LogP contribution in [0.5, 0.6) is 6.01 Å². The van der Waals surface area contributed by atoms with Gasteiger partial charge in [-0.3, -0.25) is 4.98 Å². The van der Waals surface area contributed by atoms with Gasteiger partial charge >= 0.3 is 6.01 Å². The molecule has 0 atom stereocenters. The fraction of sp³-hybridized carbons (Fsp3) is 0.467. The molecule has 0 spiro atoms. The van der Waals surface area contributed by atoms with E-state index in [-0.39, 0.29) is 6.10 Å². The summed E-state index contributed by atoms with van der Waals surface area (Å²) in [5, 5.41) is 3.18. The third kappa shape index (κ3) is 4.98. The zero-order valence-electron chi connectivity index (χ0n) is 12.7. The van der Waals surface area contributed by atoms with E-state index in [0.29, 0.717) is 24.2 Å². The van der Waals surface area contributed by atoms with Crippen molar-refractivity contribution in [2.24, 2.45) is 0 Å². The maximum Gasteiger partial charge on any atom is 0.321 e. The molecule has 0 fully saturated rings. The van der Waals surface area contributed by atoms with Crippen LogP contribution in [0, 0.1) is 0 Å². The third-order valence-electron chi connectivity index (χ3n) is 2.65. The lowest BCUT2D eigenvalue weighted by atomic mass is 10.2. The first-order chi connectivity index (χ1) is 10.2. The molecule has 0 bridgehead atoms. The smallest absolute Gasteiger partial charge is 0.321 e. The lowest BCUT2D eigenvalue weighted by molar-refractivity contribution is 0.221. The van der Waals surface area contributed by atoms with E-state index in [9.17, 15) is 0 Å². The van der Waals surface area contributed by atoms with E-state index in [2.05, 4.69) is 32.2 Å². The maximum absolute atomic E-state index is 5.60. The minimum absolute atomic E-state index is 0.0280. The topological polar surface area (TPSA) is 72.8 Å². The number of nitrogens with one attached hydrogen (secondary N) is 1. The molecule has 2 rings (SSSR count). The largest absolute Gasteiger partial charge is 0.461 e. The SMILES string of the molecule is CCCNc1nc(Cc2ccncc2)nc(OC(C)C)n1. The first kappa shape index (κ1) is 15.2. The maximum atomic E-state index is 5.60. The van der Waals surface area contributed by atoms with Gasteiger partial charge in [-0.1, -0.05) is 6.92 Å². The Morgan fingerprint density at radius 3 is 2.57 bits per heavy atom. The van der Waals surface area contributed by atoms with Crippen LogP contribution in [0.4, 0.5) is 5.95 Å². The zero-order chi connectivity index (χ0) is 15.1. The molecular formula is C15H21N5O. The molecule has 21 heavy (non-hydrogen) atoms. The van der Waals surface area contributed by atoms with E-state index >= 15 is 0 Å². The second-order valence-corrected chi connectivity index (χ2v) is 4.98. The van der Waals surface area contributed by atoms with Crippen LogP contribution in [-0.2, 0) is 6.42 Å². The number of pyridine rings is 1. The van der Waals surface area contributed by atoms with Gasteiger partial charge in [0.15, 0.2) is 0 Å². The van der Waals surface area contributed by atoms with Gasteiger partial charge in [-0.15, -0.1) is 0 Å². The summed E-state index contributed by atoms with van der Waals surface area (Å²) in [4.78, 5) is 17.1. The van der Waals surface area contributed by atoms with Crippen LogP contribution in [-0.4, -0.2) is 32.6 Å². The summed E-state index contributed by atoms with van der Waals surface area (Å²) >= 11 is 0. The van der Waals surface area contributed by atoms with Crippen LogP contribution in [0.3, 0.4) is 0 Å². The van der Waals surface area contributed by atoms with Crippen LogP contribution in [0.1, 0.15) is 38.6 Å². The molecule has 0 amide bonds. The summed E-state index contributed by atoms with van der Waals surface area (Å²) in [6.07, 6.45) is 5.18. The number of nitrogens with zero attached hydrogens (tertiary/aromatic N) is 4. The van der Waals surface area contributed by atoms with Crippen molar-refractivity contribution in [2.75, 3.05) is 11.9 Å². The molecule has 1 N–H and O–H groups in total. The number of ether oxygens (including phenoxy) is 1. The molecule has 112 valence electrons. The molecule has 0 unspecified atom stereocenters. The van der Waals surface area contributed by atoms with Gasteiger partial charge in [-0.2, -0.15) is 15.0 Å². The van der Waals surface area contributed by atoms with Gasteiger partial charge in [0, 0.05) is 25.4 Å². The Bertz CT molecular complexity index is 559. The summed E-state index contributed by atoms with van der Waals surface area (Å²) in [6, 6.07) is 4.26. The lowest BCUT2D eigenvalue weighted by Gasteiger charge is -2.11. The molecule has 2 heterocycles. The van der Waals surface area contributed by atoms with E-state index in [4.69, 9.17) is 4.74 Å². The van der Waals surface area contributed by atoms with Crippen molar-refractivity contribution in [1.29, 1.82) is 0 Å². The second kappa shape index (κ2) is 7.52. The molecule has 2 aromatic heterocycles. The Hall–Kier alpha value is -2.24. The van der Waals surface area contributed by atoms with Crippen LogP contribution in [0.25, 0.3) is 0 Å². The minimum atomic E-state index is 0.0280. The fourth-order valence-electron chi connectivity index (χ4n) is 1.74. The summed E-state index contributed by atoms with van der Waals surface area (Å²) < 4.78 is 5.60. The molecule has 6 nitrogen and oxygen atoms in total. The predicted octanol–water partition coefficient (Wildman–Crippen LogP) is 2.47. The molecule has 0 aromatic carbocycles. The third-order valence-corrected chi connectivity index (χ3v) is 2.65. The van der Waals surface area contributed by atoms with Crippen molar-refractivity contribution >= 4 is 5.95 Å². The van der Waals surface area contributed by atoms with E-state index in [1.54, 1.807) is 12.4 Å².